The highest BCUT2D eigenvalue weighted by Crippen LogP contribution is 2.28. The van der Waals surface area contributed by atoms with E-state index >= 15 is 0 Å². The average molecular weight is 221 g/mol. The Morgan fingerprint density at radius 3 is 2.73 bits per heavy atom. The average Bonchev–Trinajstić information content (AvgIpc) is 2.27. The molecule has 0 saturated heterocycles. The molecule has 1 rings (SSSR count). The zero-order valence-electron chi connectivity index (χ0n) is 8.34. The van der Waals surface area contributed by atoms with Gasteiger partial charge in [-0.15, -0.1) is 0 Å². The minimum absolute atomic E-state index is 0.328. The molecule has 78 valence electrons. The van der Waals surface area contributed by atoms with Crippen LogP contribution in [0.5, 0.6) is 0 Å². The van der Waals surface area contributed by atoms with Gasteiger partial charge in [-0.05, 0) is 24.2 Å². The molecule has 4 heteroatoms. The van der Waals surface area contributed by atoms with Gasteiger partial charge in [0.2, 0.25) is 0 Å². The van der Waals surface area contributed by atoms with Gasteiger partial charge in [-0.25, -0.2) is 0 Å². The molecular formula is C11H11NO2S. The lowest BCUT2D eigenvalue weighted by molar-refractivity contribution is -0.142. The molecule has 1 atom stereocenters. The van der Waals surface area contributed by atoms with E-state index in [-0.39, 0.29) is 5.97 Å². The monoisotopic (exact) mass is 221 g/mol. The standard InChI is InChI=1S/C11H11NO2S/c1-2-14-11(13)10(15-8-12)9-6-4-3-5-7-9/h3-7,10H,2H2,1H3. The maximum atomic E-state index is 11.5. The summed E-state index contributed by atoms with van der Waals surface area (Å²) in [6.07, 6.45) is 0. The van der Waals surface area contributed by atoms with Gasteiger partial charge in [0, 0.05) is 0 Å². The molecule has 0 saturated carbocycles. The van der Waals surface area contributed by atoms with Gasteiger partial charge in [-0.3, -0.25) is 4.79 Å². The molecule has 0 bridgehead atoms. The van der Waals surface area contributed by atoms with Crippen LogP contribution in [0.15, 0.2) is 30.3 Å². The Kier molecular flexibility index (Phi) is 4.72. The summed E-state index contributed by atoms with van der Waals surface area (Å²) in [5, 5.41) is 10.00. The first-order chi connectivity index (χ1) is 7.29. The molecule has 1 aromatic rings. The largest absolute Gasteiger partial charge is 0.465 e. The summed E-state index contributed by atoms with van der Waals surface area (Å²) in [5.74, 6) is -0.366. The van der Waals surface area contributed by atoms with Gasteiger partial charge in [0.15, 0.2) is 0 Å². The van der Waals surface area contributed by atoms with Crippen molar-refractivity contribution < 1.29 is 9.53 Å². The van der Waals surface area contributed by atoms with Gasteiger partial charge < -0.3 is 4.74 Å². The van der Waals surface area contributed by atoms with Crippen LogP contribution in [0.2, 0.25) is 0 Å². The molecule has 0 amide bonds. The molecule has 15 heavy (non-hydrogen) atoms. The molecule has 0 aliphatic carbocycles. The van der Waals surface area contributed by atoms with Crippen LogP contribution in [0.1, 0.15) is 17.7 Å². The molecule has 0 N–H and O–H groups in total. The van der Waals surface area contributed by atoms with Crippen molar-refractivity contribution in [2.75, 3.05) is 6.61 Å². The summed E-state index contributed by atoms with van der Waals surface area (Å²) in [7, 11) is 0. The first kappa shape index (κ1) is 11.6. The number of nitriles is 1. The van der Waals surface area contributed by atoms with E-state index in [2.05, 4.69) is 0 Å². The van der Waals surface area contributed by atoms with Gasteiger partial charge in [0.25, 0.3) is 0 Å². The lowest BCUT2D eigenvalue weighted by atomic mass is 10.1. The lowest BCUT2D eigenvalue weighted by Crippen LogP contribution is -2.12. The molecule has 0 aliphatic rings. The first-order valence-corrected chi connectivity index (χ1v) is 5.44. The number of ether oxygens (including phenoxy) is 1. The quantitative estimate of drug-likeness (QED) is 0.579. The SMILES string of the molecule is CCOC(=O)C(SC#N)c1ccccc1. The first-order valence-electron chi connectivity index (χ1n) is 4.56. The number of thiocyanates is 1. The summed E-state index contributed by atoms with van der Waals surface area (Å²) in [5.41, 5.74) is 0.794. The van der Waals surface area contributed by atoms with Gasteiger partial charge in [0.1, 0.15) is 10.7 Å². The number of benzene rings is 1. The second-order valence-electron chi connectivity index (χ2n) is 2.75. The molecule has 0 fully saturated rings. The summed E-state index contributed by atoms with van der Waals surface area (Å²) >= 11 is 0.909. The van der Waals surface area contributed by atoms with Gasteiger partial charge in [-0.1, -0.05) is 30.3 Å². The fraction of sp³-hybridized carbons (Fsp3) is 0.273. The van der Waals surface area contributed by atoms with Crippen LogP contribution < -0.4 is 0 Å². The number of hydrogen-bond acceptors (Lipinski definition) is 4. The lowest BCUT2D eigenvalue weighted by Gasteiger charge is -2.11. The number of thioether (sulfide) groups is 1. The fourth-order valence-electron chi connectivity index (χ4n) is 1.15. The molecule has 1 unspecified atom stereocenters. The fourth-order valence-corrected chi connectivity index (χ4v) is 1.71. The molecule has 0 radical (unpaired) electrons. The third-order valence-electron chi connectivity index (χ3n) is 1.77. The highest BCUT2D eigenvalue weighted by atomic mass is 32.2. The number of nitrogens with zero attached hydrogens (tertiary/aromatic N) is 1. The highest BCUT2D eigenvalue weighted by molar-refractivity contribution is 8.04. The number of rotatable bonds is 4. The van der Waals surface area contributed by atoms with E-state index < -0.39 is 5.25 Å². The van der Waals surface area contributed by atoms with Crippen molar-refractivity contribution in [3.63, 3.8) is 0 Å². The zero-order valence-corrected chi connectivity index (χ0v) is 9.16. The number of hydrogen-bond donors (Lipinski definition) is 0. The number of esters is 1. The van der Waals surface area contributed by atoms with Crippen molar-refractivity contribution in [3.05, 3.63) is 35.9 Å². The van der Waals surface area contributed by atoms with E-state index in [0.29, 0.717) is 6.61 Å². The van der Waals surface area contributed by atoms with Crippen LogP contribution in [0.25, 0.3) is 0 Å². The molecule has 0 heterocycles. The molecule has 0 spiro atoms. The van der Waals surface area contributed by atoms with E-state index in [9.17, 15) is 4.79 Å². The smallest absolute Gasteiger partial charge is 0.324 e. The summed E-state index contributed by atoms with van der Waals surface area (Å²) in [4.78, 5) is 11.5. The third kappa shape index (κ3) is 3.30. The van der Waals surface area contributed by atoms with Crippen molar-refractivity contribution in [1.82, 2.24) is 0 Å². The van der Waals surface area contributed by atoms with E-state index in [1.165, 1.54) is 0 Å². The van der Waals surface area contributed by atoms with Crippen LogP contribution in [-0.2, 0) is 9.53 Å². The second-order valence-corrected chi connectivity index (χ2v) is 3.64. The van der Waals surface area contributed by atoms with E-state index in [1.54, 1.807) is 6.92 Å². The number of carbonyl (C=O) groups is 1. The molecule has 0 aliphatic heterocycles. The van der Waals surface area contributed by atoms with E-state index in [0.717, 1.165) is 17.3 Å². The minimum Gasteiger partial charge on any atom is -0.465 e. The maximum Gasteiger partial charge on any atom is 0.324 e. The summed E-state index contributed by atoms with van der Waals surface area (Å²) in [6, 6.07) is 9.15. The molecular weight excluding hydrogens is 210 g/mol. The topological polar surface area (TPSA) is 50.1 Å². The van der Waals surface area contributed by atoms with Crippen LogP contribution >= 0.6 is 11.8 Å². The van der Waals surface area contributed by atoms with Crippen molar-refractivity contribution in [1.29, 1.82) is 5.26 Å². The van der Waals surface area contributed by atoms with Crippen LogP contribution in [0.3, 0.4) is 0 Å². The molecule has 3 nitrogen and oxygen atoms in total. The van der Waals surface area contributed by atoms with E-state index in [1.807, 2.05) is 35.7 Å². The van der Waals surface area contributed by atoms with Gasteiger partial charge in [0.05, 0.1) is 6.61 Å². The van der Waals surface area contributed by atoms with Gasteiger partial charge in [-0.2, -0.15) is 5.26 Å². The van der Waals surface area contributed by atoms with Crippen LogP contribution in [0, 0.1) is 10.7 Å². The Hall–Kier alpha value is -1.47. The normalized spacial score (nSPS) is 11.5. The summed E-state index contributed by atoms with van der Waals surface area (Å²) in [6.45, 7) is 2.07. The number of carbonyl (C=O) groups excluding carboxylic acids is 1. The van der Waals surface area contributed by atoms with Gasteiger partial charge >= 0.3 is 5.97 Å². The Balaban J connectivity index is 2.84. The Labute approximate surface area is 93.0 Å². The maximum absolute atomic E-state index is 11.5. The minimum atomic E-state index is -0.545. The molecule has 1 aromatic carbocycles. The van der Waals surface area contributed by atoms with Crippen molar-refractivity contribution in [2.24, 2.45) is 0 Å². The Morgan fingerprint density at radius 2 is 2.20 bits per heavy atom. The predicted molar refractivity (Wildman–Crippen MR) is 59.0 cm³/mol. The highest BCUT2D eigenvalue weighted by Gasteiger charge is 2.22. The van der Waals surface area contributed by atoms with E-state index in [4.69, 9.17) is 10.00 Å². The Morgan fingerprint density at radius 1 is 1.53 bits per heavy atom. The molecule has 0 aromatic heterocycles. The van der Waals surface area contributed by atoms with Crippen molar-refractivity contribution >= 4 is 17.7 Å². The second kappa shape index (κ2) is 6.10. The van der Waals surface area contributed by atoms with Crippen LogP contribution in [0.4, 0.5) is 0 Å². The predicted octanol–water partition coefficient (Wildman–Crippen LogP) is 2.51. The van der Waals surface area contributed by atoms with Crippen molar-refractivity contribution in [3.8, 4) is 5.40 Å². The van der Waals surface area contributed by atoms with Crippen LogP contribution in [-0.4, -0.2) is 12.6 Å². The Bertz CT molecular complexity index is 359. The summed E-state index contributed by atoms with van der Waals surface area (Å²) < 4.78 is 4.90. The third-order valence-corrected chi connectivity index (χ3v) is 2.58. The zero-order chi connectivity index (χ0) is 11.1. The van der Waals surface area contributed by atoms with Crippen molar-refractivity contribution in [2.45, 2.75) is 12.2 Å².